The predicted octanol–water partition coefficient (Wildman–Crippen LogP) is 3.17. The Labute approximate surface area is 201 Å². The first-order valence-corrected chi connectivity index (χ1v) is 11.4. The molecule has 0 bridgehead atoms. The summed E-state index contributed by atoms with van der Waals surface area (Å²) in [4.78, 5) is 36.9. The second kappa shape index (κ2) is 14.0. The highest BCUT2D eigenvalue weighted by Gasteiger charge is 2.27. The molecule has 0 aliphatic heterocycles. The maximum atomic E-state index is 12.7. The fourth-order valence-electron chi connectivity index (χ4n) is 2.81. The van der Waals surface area contributed by atoms with Crippen molar-refractivity contribution in [2.45, 2.75) is 46.4 Å². The lowest BCUT2D eigenvalue weighted by molar-refractivity contribution is -0.134. The van der Waals surface area contributed by atoms with Crippen molar-refractivity contribution < 1.29 is 23.9 Å². The fourth-order valence-corrected chi connectivity index (χ4v) is 2.81. The van der Waals surface area contributed by atoms with Crippen molar-refractivity contribution in [3.8, 4) is 0 Å². The molecule has 0 aromatic heterocycles. The van der Waals surface area contributed by atoms with Gasteiger partial charge in [0.2, 0.25) is 11.8 Å². The number of rotatable bonds is 12. The molecule has 3 amide bonds. The third-order valence-corrected chi connectivity index (χ3v) is 4.83. The summed E-state index contributed by atoms with van der Waals surface area (Å²) in [6.45, 7) is 6.61. The van der Waals surface area contributed by atoms with Gasteiger partial charge in [-0.25, -0.2) is 4.79 Å². The molecule has 0 aliphatic rings. The van der Waals surface area contributed by atoms with Gasteiger partial charge in [-0.2, -0.15) is 0 Å². The quantitative estimate of drug-likeness (QED) is 0.414. The van der Waals surface area contributed by atoms with Crippen molar-refractivity contribution in [2.75, 3.05) is 19.7 Å². The average Bonchev–Trinajstić information content (AvgIpc) is 2.82. The van der Waals surface area contributed by atoms with E-state index in [1.54, 1.807) is 20.8 Å². The summed E-state index contributed by atoms with van der Waals surface area (Å²) in [5, 5.41) is 8.22. The number of amides is 3. The lowest BCUT2D eigenvalue weighted by atomic mass is 9.95. The molecule has 0 fully saturated rings. The van der Waals surface area contributed by atoms with Gasteiger partial charge in [0.1, 0.15) is 12.6 Å². The molecule has 34 heavy (non-hydrogen) atoms. The fraction of sp³-hybridized carbons (Fsp3) is 0.423. The van der Waals surface area contributed by atoms with Crippen LogP contribution >= 0.6 is 0 Å². The van der Waals surface area contributed by atoms with E-state index in [1.807, 2.05) is 60.7 Å². The third-order valence-electron chi connectivity index (χ3n) is 4.83. The topological polar surface area (TPSA) is 106 Å². The highest BCUT2D eigenvalue weighted by Crippen LogP contribution is 2.13. The minimum absolute atomic E-state index is 0.0482. The van der Waals surface area contributed by atoms with E-state index in [4.69, 9.17) is 9.47 Å². The van der Waals surface area contributed by atoms with E-state index in [0.29, 0.717) is 26.1 Å². The van der Waals surface area contributed by atoms with Gasteiger partial charge in [-0.05, 0) is 17.5 Å². The Kier molecular flexibility index (Phi) is 11.1. The maximum absolute atomic E-state index is 12.7. The maximum Gasteiger partial charge on any atom is 0.407 e. The molecule has 184 valence electrons. The molecule has 2 rings (SSSR count). The first-order chi connectivity index (χ1) is 16.3. The van der Waals surface area contributed by atoms with Crippen LogP contribution in [0.5, 0.6) is 0 Å². The molecule has 0 saturated carbocycles. The van der Waals surface area contributed by atoms with E-state index in [-0.39, 0.29) is 25.0 Å². The molecule has 0 radical (unpaired) electrons. The van der Waals surface area contributed by atoms with Crippen LogP contribution < -0.4 is 16.0 Å². The van der Waals surface area contributed by atoms with Crippen LogP contribution in [0.25, 0.3) is 0 Å². The van der Waals surface area contributed by atoms with E-state index in [2.05, 4.69) is 16.0 Å². The molecule has 8 heteroatoms. The molecule has 2 aromatic rings. The Balaban J connectivity index is 1.72. The summed E-state index contributed by atoms with van der Waals surface area (Å²) in [5.41, 5.74) is 1.25. The van der Waals surface area contributed by atoms with Crippen LogP contribution in [0.4, 0.5) is 4.79 Å². The van der Waals surface area contributed by atoms with E-state index in [9.17, 15) is 14.4 Å². The molecular weight excluding hydrogens is 434 g/mol. The van der Waals surface area contributed by atoms with E-state index < -0.39 is 17.6 Å². The van der Waals surface area contributed by atoms with Crippen LogP contribution in [-0.2, 0) is 32.3 Å². The first-order valence-electron chi connectivity index (χ1n) is 11.4. The Hall–Kier alpha value is -3.39. The van der Waals surface area contributed by atoms with E-state index in [0.717, 1.165) is 11.1 Å². The van der Waals surface area contributed by atoms with Crippen molar-refractivity contribution in [2.24, 2.45) is 5.41 Å². The van der Waals surface area contributed by atoms with Crippen molar-refractivity contribution in [3.63, 3.8) is 0 Å². The van der Waals surface area contributed by atoms with Gasteiger partial charge < -0.3 is 25.4 Å². The van der Waals surface area contributed by atoms with Crippen LogP contribution in [0.2, 0.25) is 0 Å². The Morgan fingerprint density at radius 1 is 0.824 bits per heavy atom. The summed E-state index contributed by atoms with van der Waals surface area (Å²) >= 11 is 0. The molecule has 2 aromatic carbocycles. The Morgan fingerprint density at radius 2 is 1.38 bits per heavy atom. The zero-order valence-corrected chi connectivity index (χ0v) is 20.1. The smallest absolute Gasteiger partial charge is 0.407 e. The molecule has 8 nitrogen and oxygen atoms in total. The van der Waals surface area contributed by atoms with Crippen molar-refractivity contribution in [1.29, 1.82) is 0 Å². The lowest BCUT2D eigenvalue weighted by Crippen LogP contribution is -2.52. The molecular formula is C26H35N3O5. The van der Waals surface area contributed by atoms with Gasteiger partial charge in [0.15, 0.2) is 0 Å². The predicted molar refractivity (Wildman–Crippen MR) is 130 cm³/mol. The number of carbonyl (C=O) groups excluding carboxylic acids is 3. The summed E-state index contributed by atoms with van der Waals surface area (Å²) < 4.78 is 10.8. The van der Waals surface area contributed by atoms with Crippen LogP contribution in [0, 0.1) is 5.41 Å². The third kappa shape index (κ3) is 10.5. The summed E-state index contributed by atoms with van der Waals surface area (Å²) in [6.07, 6.45) is -0.00317. The van der Waals surface area contributed by atoms with Crippen LogP contribution in [0.15, 0.2) is 60.7 Å². The van der Waals surface area contributed by atoms with Gasteiger partial charge in [-0.3, -0.25) is 9.59 Å². The molecule has 1 atom stereocenters. The molecule has 0 saturated heterocycles. The van der Waals surface area contributed by atoms with Crippen molar-refractivity contribution >= 4 is 17.9 Å². The molecule has 0 heterocycles. The highest BCUT2D eigenvalue weighted by molar-refractivity contribution is 5.89. The van der Waals surface area contributed by atoms with Gasteiger partial charge in [-0.15, -0.1) is 0 Å². The summed E-state index contributed by atoms with van der Waals surface area (Å²) in [7, 11) is 0. The Morgan fingerprint density at radius 3 is 1.97 bits per heavy atom. The first kappa shape index (κ1) is 26.9. The summed E-state index contributed by atoms with van der Waals surface area (Å²) in [5.74, 6) is -0.573. The van der Waals surface area contributed by atoms with Crippen molar-refractivity contribution in [3.05, 3.63) is 71.8 Å². The average molecular weight is 470 g/mol. The van der Waals surface area contributed by atoms with Gasteiger partial charge in [-0.1, -0.05) is 81.4 Å². The number of hydrogen-bond donors (Lipinski definition) is 3. The van der Waals surface area contributed by atoms with Crippen LogP contribution in [-0.4, -0.2) is 43.6 Å². The van der Waals surface area contributed by atoms with Crippen LogP contribution in [0.1, 0.15) is 38.3 Å². The van der Waals surface area contributed by atoms with Gasteiger partial charge in [0.05, 0.1) is 13.2 Å². The largest absolute Gasteiger partial charge is 0.445 e. The number of nitrogens with one attached hydrogen (secondary N) is 3. The molecule has 0 spiro atoms. The zero-order valence-electron chi connectivity index (χ0n) is 20.1. The zero-order chi connectivity index (χ0) is 24.8. The molecule has 3 N–H and O–H groups in total. The standard InChI is InChI=1S/C26H35N3O5/c1-26(2,3)24(31)29-22(19-33-17-20-11-6-4-7-12-20)23(30)27-15-10-16-28-25(32)34-18-21-13-8-5-9-14-21/h4-9,11-14,22H,10,15-19H2,1-3H3,(H,27,30)(H,28,32)(H,29,31)/t22-/m1/s1. The highest BCUT2D eigenvalue weighted by atomic mass is 16.5. The second-order valence-electron chi connectivity index (χ2n) is 8.91. The number of hydrogen-bond acceptors (Lipinski definition) is 5. The number of carbonyl (C=O) groups is 3. The monoisotopic (exact) mass is 469 g/mol. The number of ether oxygens (including phenoxy) is 2. The van der Waals surface area contributed by atoms with Crippen LogP contribution in [0.3, 0.4) is 0 Å². The lowest BCUT2D eigenvalue weighted by Gasteiger charge is -2.24. The Bertz CT molecular complexity index is 898. The van der Waals surface area contributed by atoms with E-state index >= 15 is 0 Å². The molecule has 0 aliphatic carbocycles. The summed E-state index contributed by atoms with van der Waals surface area (Å²) in [6, 6.07) is 18.2. The number of alkyl carbamates (subject to hydrolysis) is 1. The van der Waals surface area contributed by atoms with Gasteiger partial charge >= 0.3 is 6.09 Å². The molecule has 0 unspecified atom stereocenters. The minimum atomic E-state index is -0.820. The second-order valence-corrected chi connectivity index (χ2v) is 8.91. The number of benzene rings is 2. The van der Waals surface area contributed by atoms with E-state index in [1.165, 1.54) is 0 Å². The minimum Gasteiger partial charge on any atom is -0.445 e. The SMILES string of the molecule is CC(C)(C)C(=O)N[C@H](COCc1ccccc1)C(=O)NCCCNC(=O)OCc1ccccc1. The normalized spacial score (nSPS) is 11.9. The van der Waals surface area contributed by atoms with Crippen molar-refractivity contribution in [1.82, 2.24) is 16.0 Å². The van der Waals surface area contributed by atoms with Gasteiger partial charge in [0, 0.05) is 18.5 Å². The van der Waals surface area contributed by atoms with Gasteiger partial charge in [0.25, 0.3) is 0 Å².